The number of nitrogens with one attached hydrogen (secondary N) is 1. The smallest absolute Gasteiger partial charge is 0.269 e. The molecule has 126 valence electrons. The van der Waals surface area contributed by atoms with Crippen molar-refractivity contribution >= 4 is 11.4 Å². The molecule has 3 aromatic carbocycles. The summed E-state index contributed by atoms with van der Waals surface area (Å²) in [5, 5.41) is 14.0. The van der Waals surface area contributed by atoms with Crippen molar-refractivity contribution < 1.29 is 9.66 Å². The number of benzene rings is 3. The molecule has 0 amide bonds. The molecule has 0 bridgehead atoms. The molecule has 0 saturated heterocycles. The molecule has 0 aromatic heterocycles. The lowest BCUT2D eigenvalue weighted by Crippen LogP contribution is -2.00. The first-order chi connectivity index (χ1) is 12.2. The average molecular weight is 334 g/mol. The summed E-state index contributed by atoms with van der Waals surface area (Å²) >= 11 is 0. The number of nitro groups is 1. The Morgan fingerprint density at radius 1 is 0.880 bits per heavy atom. The summed E-state index contributed by atoms with van der Waals surface area (Å²) in [7, 11) is 0. The van der Waals surface area contributed by atoms with Gasteiger partial charge in [0.2, 0.25) is 0 Å². The van der Waals surface area contributed by atoms with Crippen molar-refractivity contribution in [3.8, 4) is 5.75 Å². The molecule has 0 atom stereocenters. The van der Waals surface area contributed by atoms with Crippen molar-refractivity contribution in [3.05, 3.63) is 100 Å². The molecule has 0 fully saturated rings. The zero-order valence-electron chi connectivity index (χ0n) is 13.6. The first-order valence-electron chi connectivity index (χ1n) is 7.95. The van der Waals surface area contributed by atoms with Crippen LogP contribution in [0, 0.1) is 10.1 Å². The fourth-order valence-corrected chi connectivity index (χ4v) is 2.39. The van der Waals surface area contributed by atoms with Gasteiger partial charge in [0.05, 0.1) is 4.92 Å². The van der Waals surface area contributed by atoms with Crippen LogP contribution in [0.4, 0.5) is 11.4 Å². The second-order valence-corrected chi connectivity index (χ2v) is 5.58. The third kappa shape index (κ3) is 4.81. The summed E-state index contributed by atoms with van der Waals surface area (Å²) in [4.78, 5) is 10.3. The van der Waals surface area contributed by atoms with Crippen LogP contribution >= 0.6 is 0 Å². The molecule has 5 heteroatoms. The van der Waals surface area contributed by atoms with Crippen LogP contribution in [0.2, 0.25) is 0 Å². The maximum Gasteiger partial charge on any atom is 0.269 e. The largest absolute Gasteiger partial charge is 0.489 e. The Labute approximate surface area is 146 Å². The van der Waals surface area contributed by atoms with Gasteiger partial charge in [-0.05, 0) is 47.5 Å². The van der Waals surface area contributed by atoms with Crippen LogP contribution < -0.4 is 10.1 Å². The van der Waals surface area contributed by atoms with Gasteiger partial charge in [-0.3, -0.25) is 10.1 Å². The van der Waals surface area contributed by atoms with E-state index in [1.807, 2.05) is 54.6 Å². The van der Waals surface area contributed by atoms with E-state index < -0.39 is 4.92 Å². The van der Waals surface area contributed by atoms with Crippen molar-refractivity contribution in [1.29, 1.82) is 0 Å². The standard InChI is InChI=1S/C20H18N2O3/c23-22(24)19-11-9-16(10-12-19)15-25-20-8-4-5-17(13-20)14-21-18-6-2-1-3-7-18/h1-13,21H,14-15H2. The van der Waals surface area contributed by atoms with Gasteiger partial charge in [0.15, 0.2) is 0 Å². The SMILES string of the molecule is O=[N+]([O-])c1ccc(COc2cccc(CNc3ccccc3)c2)cc1. The van der Waals surface area contributed by atoms with Crippen molar-refractivity contribution in [3.63, 3.8) is 0 Å². The Balaban J connectivity index is 1.57. The van der Waals surface area contributed by atoms with Gasteiger partial charge < -0.3 is 10.1 Å². The van der Waals surface area contributed by atoms with Crippen molar-refractivity contribution in [2.45, 2.75) is 13.2 Å². The van der Waals surface area contributed by atoms with E-state index in [1.54, 1.807) is 12.1 Å². The summed E-state index contributed by atoms with van der Waals surface area (Å²) in [6, 6.07) is 24.3. The van der Waals surface area contributed by atoms with Crippen LogP contribution in [-0.4, -0.2) is 4.92 Å². The highest BCUT2D eigenvalue weighted by Crippen LogP contribution is 2.18. The molecule has 0 unspecified atom stereocenters. The number of hydrogen-bond acceptors (Lipinski definition) is 4. The van der Waals surface area contributed by atoms with E-state index in [0.29, 0.717) is 13.2 Å². The topological polar surface area (TPSA) is 64.4 Å². The number of anilines is 1. The van der Waals surface area contributed by atoms with Gasteiger partial charge in [-0.15, -0.1) is 0 Å². The lowest BCUT2D eigenvalue weighted by atomic mass is 10.2. The zero-order chi connectivity index (χ0) is 17.5. The number of non-ortho nitro benzene ring substituents is 1. The number of hydrogen-bond donors (Lipinski definition) is 1. The van der Waals surface area contributed by atoms with Gasteiger partial charge in [-0.2, -0.15) is 0 Å². The van der Waals surface area contributed by atoms with Gasteiger partial charge >= 0.3 is 0 Å². The molecule has 25 heavy (non-hydrogen) atoms. The summed E-state index contributed by atoms with van der Waals surface area (Å²) in [6.45, 7) is 1.08. The van der Waals surface area contributed by atoms with Gasteiger partial charge in [0, 0.05) is 24.4 Å². The molecule has 0 saturated carbocycles. The third-order valence-electron chi connectivity index (χ3n) is 3.72. The predicted octanol–water partition coefficient (Wildman–Crippen LogP) is 4.79. The van der Waals surface area contributed by atoms with Crippen molar-refractivity contribution in [1.82, 2.24) is 0 Å². The quantitative estimate of drug-likeness (QED) is 0.498. The van der Waals surface area contributed by atoms with Gasteiger partial charge in [-0.1, -0.05) is 30.3 Å². The monoisotopic (exact) mass is 334 g/mol. The molecule has 3 rings (SSSR count). The molecule has 0 aliphatic carbocycles. The van der Waals surface area contributed by atoms with E-state index in [2.05, 4.69) is 5.32 Å². The van der Waals surface area contributed by atoms with Crippen LogP contribution in [0.25, 0.3) is 0 Å². The molecule has 3 aromatic rings. The number of rotatable bonds is 7. The Kier molecular flexibility index (Phi) is 5.26. The van der Waals surface area contributed by atoms with E-state index in [0.717, 1.165) is 22.6 Å². The maximum absolute atomic E-state index is 10.7. The Bertz CT molecular complexity index is 833. The van der Waals surface area contributed by atoms with Gasteiger partial charge in [0.1, 0.15) is 12.4 Å². The second kappa shape index (κ2) is 7.97. The molecule has 0 aliphatic heterocycles. The Morgan fingerprint density at radius 2 is 1.64 bits per heavy atom. The summed E-state index contributed by atoms with van der Waals surface area (Å²) < 4.78 is 5.79. The highest BCUT2D eigenvalue weighted by Gasteiger charge is 2.04. The fraction of sp³-hybridized carbons (Fsp3) is 0.100. The van der Waals surface area contributed by atoms with E-state index in [-0.39, 0.29) is 5.69 Å². The average Bonchev–Trinajstić information content (AvgIpc) is 2.66. The lowest BCUT2D eigenvalue weighted by molar-refractivity contribution is -0.384. The molecule has 0 aliphatic rings. The third-order valence-corrected chi connectivity index (χ3v) is 3.72. The molecule has 0 radical (unpaired) electrons. The zero-order valence-corrected chi connectivity index (χ0v) is 13.6. The van der Waals surface area contributed by atoms with Crippen molar-refractivity contribution in [2.24, 2.45) is 0 Å². The minimum Gasteiger partial charge on any atom is -0.489 e. The number of para-hydroxylation sites is 1. The number of nitro benzene ring substituents is 1. The van der Waals surface area contributed by atoms with Crippen LogP contribution in [0.1, 0.15) is 11.1 Å². The Hall–Kier alpha value is -3.34. The summed E-state index contributed by atoms with van der Waals surface area (Å²) in [5.41, 5.74) is 3.15. The Morgan fingerprint density at radius 3 is 2.36 bits per heavy atom. The number of nitrogens with zero attached hydrogens (tertiary/aromatic N) is 1. The van der Waals surface area contributed by atoms with Crippen LogP contribution in [0.5, 0.6) is 5.75 Å². The second-order valence-electron chi connectivity index (χ2n) is 5.58. The van der Waals surface area contributed by atoms with E-state index in [1.165, 1.54) is 12.1 Å². The molecule has 1 N–H and O–H groups in total. The maximum atomic E-state index is 10.7. The molecule has 5 nitrogen and oxygen atoms in total. The highest BCUT2D eigenvalue weighted by molar-refractivity contribution is 5.43. The predicted molar refractivity (Wildman–Crippen MR) is 97.6 cm³/mol. The van der Waals surface area contributed by atoms with Crippen LogP contribution in [0.15, 0.2) is 78.9 Å². The molecular weight excluding hydrogens is 316 g/mol. The first kappa shape index (κ1) is 16.5. The summed E-state index contributed by atoms with van der Waals surface area (Å²) in [6.07, 6.45) is 0. The first-order valence-corrected chi connectivity index (χ1v) is 7.95. The lowest BCUT2D eigenvalue weighted by Gasteiger charge is -2.10. The van der Waals surface area contributed by atoms with Crippen molar-refractivity contribution in [2.75, 3.05) is 5.32 Å². The summed E-state index contributed by atoms with van der Waals surface area (Å²) in [5.74, 6) is 0.769. The van der Waals surface area contributed by atoms with E-state index in [9.17, 15) is 10.1 Å². The minimum atomic E-state index is -0.409. The van der Waals surface area contributed by atoms with E-state index in [4.69, 9.17) is 4.74 Å². The minimum absolute atomic E-state index is 0.0812. The van der Waals surface area contributed by atoms with Crippen LogP contribution in [0.3, 0.4) is 0 Å². The number of ether oxygens (including phenoxy) is 1. The molecular formula is C20H18N2O3. The highest BCUT2D eigenvalue weighted by atomic mass is 16.6. The van der Waals surface area contributed by atoms with Gasteiger partial charge in [-0.25, -0.2) is 0 Å². The van der Waals surface area contributed by atoms with Crippen LogP contribution in [-0.2, 0) is 13.2 Å². The van der Waals surface area contributed by atoms with Gasteiger partial charge in [0.25, 0.3) is 5.69 Å². The molecule has 0 heterocycles. The fourth-order valence-electron chi connectivity index (χ4n) is 2.39. The normalized spacial score (nSPS) is 10.2. The molecule has 0 spiro atoms. The van der Waals surface area contributed by atoms with E-state index >= 15 is 0 Å².